The van der Waals surface area contributed by atoms with Crippen LogP contribution >= 0.6 is 0 Å². The van der Waals surface area contributed by atoms with Crippen LogP contribution in [0.1, 0.15) is 41.5 Å². The fraction of sp³-hybridized carbons (Fsp3) is 0.529. The second-order valence-electron chi connectivity index (χ2n) is 6.36. The van der Waals surface area contributed by atoms with E-state index < -0.39 is 5.60 Å². The lowest BCUT2D eigenvalue weighted by atomic mass is 10.00. The molecule has 1 aliphatic heterocycles. The van der Waals surface area contributed by atoms with Gasteiger partial charge in [0.1, 0.15) is 5.71 Å². The number of hydrogen-bond donors (Lipinski definition) is 3. The third kappa shape index (κ3) is 4.31. The molecule has 0 radical (unpaired) electrons. The zero-order valence-corrected chi connectivity index (χ0v) is 14.3. The van der Waals surface area contributed by atoms with Gasteiger partial charge in [0, 0.05) is 11.9 Å². The highest BCUT2D eigenvalue weighted by Gasteiger charge is 2.29. The first-order valence-corrected chi connectivity index (χ1v) is 7.52. The first-order valence-electron chi connectivity index (χ1n) is 7.52. The van der Waals surface area contributed by atoms with Crippen molar-refractivity contribution in [3.05, 3.63) is 35.8 Å². The quantitative estimate of drug-likeness (QED) is 0.729. The number of carbonyl (C=O) groups is 1. The van der Waals surface area contributed by atoms with Crippen molar-refractivity contribution >= 4 is 11.6 Å². The van der Waals surface area contributed by atoms with Crippen LogP contribution in [0.5, 0.6) is 0 Å². The Morgan fingerprint density at radius 3 is 2.50 bits per heavy atom. The normalized spacial score (nSPS) is 19.3. The minimum absolute atomic E-state index is 0.255. The molecule has 0 unspecified atom stereocenters. The first-order chi connectivity index (χ1) is 10.1. The molecule has 0 aliphatic carbocycles. The standard InChI is InChI=1S/C17H27N3O2/c1-8-14(10(2)3)20-15-11(4)18-9-13(15)16(21)19-12(5)17(6,7)22/h8-10,12,18,22H,4H2,1-3,5-7H3,(H,19,21)/b14-8-,20-15+/t12-/m0/s1. The van der Waals surface area contributed by atoms with E-state index in [4.69, 9.17) is 0 Å². The lowest BCUT2D eigenvalue weighted by Gasteiger charge is -2.26. The summed E-state index contributed by atoms with van der Waals surface area (Å²) in [6.45, 7) is 15.0. The molecule has 1 heterocycles. The molecule has 5 nitrogen and oxygen atoms in total. The van der Waals surface area contributed by atoms with Crippen molar-refractivity contribution < 1.29 is 9.90 Å². The maximum absolute atomic E-state index is 12.4. The van der Waals surface area contributed by atoms with Crippen molar-refractivity contribution in [2.24, 2.45) is 10.9 Å². The molecule has 5 heteroatoms. The minimum Gasteiger partial charge on any atom is -0.388 e. The molecular weight excluding hydrogens is 278 g/mol. The zero-order valence-electron chi connectivity index (χ0n) is 14.3. The minimum atomic E-state index is -0.997. The van der Waals surface area contributed by atoms with E-state index in [9.17, 15) is 9.90 Å². The van der Waals surface area contributed by atoms with Crippen molar-refractivity contribution in [3.8, 4) is 0 Å². The molecular formula is C17H27N3O2. The average Bonchev–Trinajstić information content (AvgIpc) is 2.75. The molecule has 0 bridgehead atoms. The van der Waals surface area contributed by atoms with Crippen LogP contribution in [0.15, 0.2) is 40.8 Å². The van der Waals surface area contributed by atoms with Crippen molar-refractivity contribution in [3.63, 3.8) is 0 Å². The maximum atomic E-state index is 12.4. The summed E-state index contributed by atoms with van der Waals surface area (Å²) in [5, 5.41) is 15.7. The fourth-order valence-electron chi connectivity index (χ4n) is 1.87. The van der Waals surface area contributed by atoms with Crippen LogP contribution in [0.3, 0.4) is 0 Å². The number of nitrogens with zero attached hydrogens (tertiary/aromatic N) is 1. The third-order valence-electron chi connectivity index (χ3n) is 3.71. The van der Waals surface area contributed by atoms with Gasteiger partial charge in [-0.1, -0.05) is 26.5 Å². The van der Waals surface area contributed by atoms with E-state index in [-0.39, 0.29) is 17.9 Å². The summed E-state index contributed by atoms with van der Waals surface area (Å²) >= 11 is 0. The SMILES string of the molecule is C=C1NC=C(C(=O)N[C@@H](C)C(C)(C)O)/C1=N/C(=C\C)C(C)C. The smallest absolute Gasteiger partial charge is 0.255 e. The molecule has 1 rings (SSSR count). The molecule has 22 heavy (non-hydrogen) atoms. The number of hydrogen-bond acceptors (Lipinski definition) is 4. The number of amides is 1. The van der Waals surface area contributed by atoms with E-state index in [2.05, 4.69) is 22.2 Å². The average molecular weight is 305 g/mol. The van der Waals surface area contributed by atoms with E-state index in [0.717, 1.165) is 5.70 Å². The molecule has 1 aliphatic rings. The van der Waals surface area contributed by atoms with Crippen LogP contribution in [0.4, 0.5) is 0 Å². The number of rotatable bonds is 5. The van der Waals surface area contributed by atoms with Crippen molar-refractivity contribution in [1.29, 1.82) is 0 Å². The summed E-state index contributed by atoms with van der Waals surface area (Å²) in [7, 11) is 0. The Bertz CT molecular complexity index is 549. The van der Waals surface area contributed by atoms with Crippen LogP contribution in [0.25, 0.3) is 0 Å². The summed E-state index contributed by atoms with van der Waals surface area (Å²) in [5.74, 6) is -0.0238. The Morgan fingerprint density at radius 2 is 2.05 bits per heavy atom. The van der Waals surface area contributed by atoms with Gasteiger partial charge in [-0.2, -0.15) is 0 Å². The van der Waals surface area contributed by atoms with Gasteiger partial charge in [0.15, 0.2) is 0 Å². The number of aliphatic hydroxyl groups is 1. The third-order valence-corrected chi connectivity index (χ3v) is 3.71. The molecule has 0 fully saturated rings. The van der Waals surface area contributed by atoms with Crippen LogP contribution in [-0.4, -0.2) is 28.4 Å². The Hall–Kier alpha value is -1.88. The molecule has 0 aromatic carbocycles. The maximum Gasteiger partial charge on any atom is 0.255 e. The number of carbonyl (C=O) groups excluding carboxylic acids is 1. The lowest BCUT2D eigenvalue weighted by molar-refractivity contribution is -0.119. The zero-order chi connectivity index (χ0) is 17.1. The van der Waals surface area contributed by atoms with E-state index >= 15 is 0 Å². The molecule has 0 spiro atoms. The Balaban J connectivity index is 3.01. The van der Waals surface area contributed by atoms with Gasteiger partial charge in [0.25, 0.3) is 5.91 Å². The highest BCUT2D eigenvalue weighted by atomic mass is 16.3. The Morgan fingerprint density at radius 1 is 1.45 bits per heavy atom. The number of aliphatic imine (C=N–C) groups is 1. The van der Waals surface area contributed by atoms with Gasteiger partial charge in [-0.05, 0) is 33.6 Å². The highest BCUT2D eigenvalue weighted by Crippen LogP contribution is 2.19. The Labute approximate surface area is 132 Å². The van der Waals surface area contributed by atoms with Crippen LogP contribution in [0.2, 0.25) is 0 Å². The molecule has 3 N–H and O–H groups in total. The summed E-state index contributed by atoms with van der Waals surface area (Å²) < 4.78 is 0. The molecule has 0 aromatic heterocycles. The molecule has 0 aromatic rings. The number of nitrogens with one attached hydrogen (secondary N) is 2. The first kappa shape index (κ1) is 18.2. The van der Waals surface area contributed by atoms with Gasteiger partial charge in [0.2, 0.25) is 0 Å². The molecule has 1 amide bonds. The van der Waals surface area contributed by atoms with Crippen LogP contribution < -0.4 is 10.6 Å². The van der Waals surface area contributed by atoms with Crippen LogP contribution in [-0.2, 0) is 4.79 Å². The van der Waals surface area contributed by atoms with E-state index in [1.807, 2.05) is 26.8 Å². The summed E-state index contributed by atoms with van der Waals surface area (Å²) in [6, 6.07) is -0.387. The molecule has 1 atom stereocenters. The topological polar surface area (TPSA) is 73.7 Å². The predicted molar refractivity (Wildman–Crippen MR) is 90.3 cm³/mol. The largest absolute Gasteiger partial charge is 0.388 e. The highest BCUT2D eigenvalue weighted by molar-refractivity contribution is 6.29. The molecule has 0 saturated heterocycles. The van der Waals surface area contributed by atoms with Gasteiger partial charge < -0.3 is 15.7 Å². The predicted octanol–water partition coefficient (Wildman–Crippen LogP) is 2.26. The van der Waals surface area contributed by atoms with Gasteiger partial charge >= 0.3 is 0 Å². The van der Waals surface area contributed by atoms with Crippen molar-refractivity contribution in [2.75, 3.05) is 0 Å². The van der Waals surface area contributed by atoms with Gasteiger partial charge in [-0.25, -0.2) is 0 Å². The van der Waals surface area contributed by atoms with E-state index in [1.165, 1.54) is 0 Å². The van der Waals surface area contributed by atoms with Gasteiger partial charge in [0.05, 0.1) is 22.9 Å². The second kappa shape index (κ2) is 6.92. The van der Waals surface area contributed by atoms with E-state index in [0.29, 0.717) is 17.0 Å². The monoisotopic (exact) mass is 305 g/mol. The summed E-state index contributed by atoms with van der Waals surface area (Å²) in [4.78, 5) is 17.0. The fourth-order valence-corrected chi connectivity index (χ4v) is 1.87. The molecule has 0 saturated carbocycles. The lowest BCUT2D eigenvalue weighted by Crippen LogP contribution is -2.48. The summed E-state index contributed by atoms with van der Waals surface area (Å²) in [6.07, 6.45) is 3.53. The summed E-state index contributed by atoms with van der Waals surface area (Å²) in [5.41, 5.74) is 1.47. The Kier molecular flexibility index (Phi) is 5.72. The van der Waals surface area contributed by atoms with Gasteiger partial charge in [-0.3, -0.25) is 9.79 Å². The number of allylic oxidation sites excluding steroid dienone is 3. The van der Waals surface area contributed by atoms with Crippen molar-refractivity contribution in [1.82, 2.24) is 10.6 Å². The molecule has 122 valence electrons. The van der Waals surface area contributed by atoms with Crippen LogP contribution in [0, 0.1) is 5.92 Å². The second-order valence-corrected chi connectivity index (χ2v) is 6.36. The van der Waals surface area contributed by atoms with Gasteiger partial charge in [-0.15, -0.1) is 0 Å². The van der Waals surface area contributed by atoms with E-state index in [1.54, 1.807) is 27.0 Å². The van der Waals surface area contributed by atoms with Crippen molar-refractivity contribution in [2.45, 2.75) is 53.2 Å².